The molecule has 1 amide bonds. The van der Waals surface area contributed by atoms with Crippen molar-refractivity contribution in [2.75, 3.05) is 6.54 Å². The minimum atomic E-state index is -1.00. The molecule has 1 aliphatic rings. The van der Waals surface area contributed by atoms with E-state index < -0.39 is 5.60 Å². The molecule has 0 atom stereocenters. The third-order valence-electron chi connectivity index (χ3n) is 5.08. The van der Waals surface area contributed by atoms with E-state index in [2.05, 4.69) is 16.4 Å². The summed E-state index contributed by atoms with van der Waals surface area (Å²) in [5, 5.41) is 8.33. The average molecular weight is 425 g/mol. The van der Waals surface area contributed by atoms with Crippen LogP contribution in [-0.2, 0) is 11.3 Å². The van der Waals surface area contributed by atoms with Crippen molar-refractivity contribution in [2.45, 2.75) is 44.8 Å². The van der Waals surface area contributed by atoms with E-state index in [1.54, 1.807) is 44.3 Å². The highest BCUT2D eigenvalue weighted by atomic mass is 35.5. The molecule has 0 aliphatic heterocycles. The Morgan fingerprint density at radius 1 is 1.20 bits per heavy atom. The fourth-order valence-corrected chi connectivity index (χ4v) is 3.42. The zero-order chi connectivity index (χ0) is 21.1. The number of carbonyl (C=O) groups is 1. The molecule has 3 aromatic rings. The first-order valence-electron chi connectivity index (χ1n) is 10.1. The van der Waals surface area contributed by atoms with Crippen molar-refractivity contribution in [3.63, 3.8) is 0 Å². The van der Waals surface area contributed by atoms with Gasteiger partial charge in [-0.2, -0.15) is 5.10 Å². The highest BCUT2D eigenvalue weighted by Crippen LogP contribution is 2.41. The van der Waals surface area contributed by atoms with Crippen LogP contribution in [0.3, 0.4) is 0 Å². The molecular weight excluding hydrogens is 400 g/mol. The molecule has 0 bridgehead atoms. The molecule has 1 N–H and O–H groups in total. The Balaban J connectivity index is 1.38. The summed E-state index contributed by atoms with van der Waals surface area (Å²) in [4.78, 5) is 17.1. The fourth-order valence-electron chi connectivity index (χ4n) is 3.29. The lowest BCUT2D eigenvalue weighted by atomic mass is 10.1. The maximum absolute atomic E-state index is 12.7. The third kappa shape index (κ3) is 4.82. The predicted molar refractivity (Wildman–Crippen MR) is 117 cm³/mol. The largest absolute Gasteiger partial charge is 0.478 e. The summed E-state index contributed by atoms with van der Waals surface area (Å²) in [5.41, 5.74) is 1.94. The Hall–Kier alpha value is -2.86. The van der Waals surface area contributed by atoms with Gasteiger partial charge in [0.25, 0.3) is 5.91 Å². The molecule has 7 heteroatoms. The zero-order valence-electron chi connectivity index (χ0n) is 17.1. The lowest BCUT2D eigenvalue weighted by Gasteiger charge is -2.25. The third-order valence-corrected chi connectivity index (χ3v) is 5.33. The monoisotopic (exact) mass is 424 g/mol. The lowest BCUT2D eigenvalue weighted by molar-refractivity contribution is -0.134. The highest BCUT2D eigenvalue weighted by Gasteiger charge is 2.31. The molecule has 156 valence electrons. The van der Waals surface area contributed by atoms with Gasteiger partial charge in [-0.05, 0) is 69.2 Å². The SMILES string of the molecule is CC(C)(Oc1ccc(Cl)cc1)C(=O)NCCn1nc(-c2ccccn2)cc1C1CC1. The number of nitrogens with one attached hydrogen (secondary N) is 1. The second-order valence-electron chi connectivity index (χ2n) is 7.99. The molecule has 0 radical (unpaired) electrons. The van der Waals surface area contributed by atoms with Crippen molar-refractivity contribution < 1.29 is 9.53 Å². The van der Waals surface area contributed by atoms with E-state index in [1.165, 1.54) is 18.5 Å². The van der Waals surface area contributed by atoms with Crippen LogP contribution in [0.4, 0.5) is 0 Å². The van der Waals surface area contributed by atoms with Crippen LogP contribution < -0.4 is 10.1 Å². The van der Waals surface area contributed by atoms with E-state index in [-0.39, 0.29) is 5.91 Å². The molecule has 0 saturated heterocycles. The van der Waals surface area contributed by atoms with Crippen molar-refractivity contribution in [1.29, 1.82) is 0 Å². The van der Waals surface area contributed by atoms with E-state index in [9.17, 15) is 4.79 Å². The van der Waals surface area contributed by atoms with Crippen LogP contribution in [0.5, 0.6) is 5.75 Å². The van der Waals surface area contributed by atoms with Gasteiger partial charge in [-0.15, -0.1) is 0 Å². The van der Waals surface area contributed by atoms with Crippen LogP contribution in [0, 0.1) is 0 Å². The van der Waals surface area contributed by atoms with E-state index in [1.807, 2.05) is 22.9 Å². The molecule has 1 aromatic carbocycles. The summed E-state index contributed by atoms with van der Waals surface area (Å²) in [6.45, 7) is 4.57. The Labute approximate surface area is 181 Å². The van der Waals surface area contributed by atoms with Crippen LogP contribution in [-0.4, -0.2) is 32.8 Å². The van der Waals surface area contributed by atoms with E-state index in [0.717, 1.165) is 11.4 Å². The summed E-state index contributed by atoms with van der Waals surface area (Å²) < 4.78 is 7.85. The quantitative estimate of drug-likeness (QED) is 0.580. The normalized spacial score (nSPS) is 13.8. The zero-order valence-corrected chi connectivity index (χ0v) is 17.9. The van der Waals surface area contributed by atoms with Crippen LogP contribution in [0.2, 0.25) is 5.02 Å². The maximum Gasteiger partial charge on any atom is 0.263 e. The minimum absolute atomic E-state index is 0.178. The smallest absolute Gasteiger partial charge is 0.263 e. The molecule has 1 aliphatic carbocycles. The van der Waals surface area contributed by atoms with E-state index in [0.29, 0.717) is 29.8 Å². The number of carbonyl (C=O) groups excluding carboxylic acids is 1. The second-order valence-corrected chi connectivity index (χ2v) is 8.43. The Morgan fingerprint density at radius 3 is 2.63 bits per heavy atom. The number of nitrogens with zero attached hydrogens (tertiary/aromatic N) is 3. The van der Waals surface area contributed by atoms with Crippen molar-refractivity contribution in [1.82, 2.24) is 20.1 Å². The topological polar surface area (TPSA) is 69.0 Å². The minimum Gasteiger partial charge on any atom is -0.478 e. The molecule has 2 heterocycles. The van der Waals surface area contributed by atoms with E-state index in [4.69, 9.17) is 21.4 Å². The summed E-state index contributed by atoms with van der Waals surface area (Å²) in [6.07, 6.45) is 4.14. The molecule has 2 aromatic heterocycles. The molecule has 1 fully saturated rings. The summed E-state index contributed by atoms with van der Waals surface area (Å²) in [5.74, 6) is 0.973. The van der Waals surface area contributed by atoms with Crippen LogP contribution in [0.25, 0.3) is 11.4 Å². The molecule has 0 spiro atoms. The first-order chi connectivity index (χ1) is 14.4. The fraction of sp³-hybridized carbons (Fsp3) is 0.348. The molecular formula is C23H25ClN4O2. The summed E-state index contributed by atoms with van der Waals surface area (Å²) in [6, 6.07) is 14.9. The van der Waals surface area contributed by atoms with Crippen LogP contribution in [0.15, 0.2) is 54.7 Å². The van der Waals surface area contributed by atoms with Crippen LogP contribution >= 0.6 is 11.6 Å². The first-order valence-corrected chi connectivity index (χ1v) is 10.5. The van der Waals surface area contributed by atoms with E-state index >= 15 is 0 Å². The number of benzene rings is 1. The summed E-state index contributed by atoms with van der Waals surface area (Å²) in [7, 11) is 0. The number of amides is 1. The Bertz CT molecular complexity index is 1010. The van der Waals surface area contributed by atoms with Gasteiger partial charge in [-0.1, -0.05) is 17.7 Å². The lowest BCUT2D eigenvalue weighted by Crippen LogP contribution is -2.47. The molecule has 30 heavy (non-hydrogen) atoms. The molecule has 0 unspecified atom stereocenters. The number of hydrogen-bond donors (Lipinski definition) is 1. The number of halogens is 1. The highest BCUT2D eigenvalue weighted by molar-refractivity contribution is 6.30. The van der Waals surface area contributed by atoms with Gasteiger partial charge in [-0.25, -0.2) is 0 Å². The van der Waals surface area contributed by atoms with Crippen molar-refractivity contribution in [3.05, 3.63) is 65.4 Å². The van der Waals surface area contributed by atoms with Gasteiger partial charge in [0.1, 0.15) is 11.4 Å². The number of rotatable bonds is 8. The standard InChI is InChI=1S/C23H25ClN4O2/c1-23(2,30-18-10-8-17(24)9-11-18)22(29)26-13-14-28-21(16-6-7-16)15-20(27-28)19-5-3-4-12-25-19/h3-5,8-12,15-16H,6-7,13-14H2,1-2H3,(H,26,29). The molecule has 6 nitrogen and oxygen atoms in total. The molecule has 4 rings (SSSR count). The van der Waals surface area contributed by atoms with Crippen molar-refractivity contribution >= 4 is 17.5 Å². The molecule has 1 saturated carbocycles. The number of ether oxygens (including phenoxy) is 1. The van der Waals surface area contributed by atoms with Gasteiger partial charge in [0.15, 0.2) is 5.60 Å². The Morgan fingerprint density at radius 2 is 1.97 bits per heavy atom. The first kappa shape index (κ1) is 20.4. The van der Waals surface area contributed by atoms with Gasteiger partial charge in [0, 0.05) is 29.4 Å². The number of aromatic nitrogens is 3. The van der Waals surface area contributed by atoms with Crippen molar-refractivity contribution in [2.24, 2.45) is 0 Å². The predicted octanol–water partition coefficient (Wildman–Crippen LogP) is 4.45. The van der Waals surface area contributed by atoms with Crippen molar-refractivity contribution in [3.8, 4) is 17.1 Å². The van der Waals surface area contributed by atoms with Gasteiger partial charge in [0.05, 0.1) is 12.2 Å². The van der Waals surface area contributed by atoms with Gasteiger partial charge in [0.2, 0.25) is 0 Å². The second kappa shape index (κ2) is 8.48. The number of hydrogen-bond acceptors (Lipinski definition) is 4. The van der Waals surface area contributed by atoms with Gasteiger partial charge >= 0.3 is 0 Å². The number of pyridine rings is 1. The summed E-state index contributed by atoms with van der Waals surface area (Å²) >= 11 is 5.91. The Kier molecular flexibility index (Phi) is 5.77. The van der Waals surface area contributed by atoms with Gasteiger partial charge < -0.3 is 10.1 Å². The average Bonchev–Trinajstić information content (AvgIpc) is 3.50. The van der Waals surface area contributed by atoms with Gasteiger partial charge in [-0.3, -0.25) is 14.5 Å². The van der Waals surface area contributed by atoms with Crippen LogP contribution in [0.1, 0.15) is 38.3 Å². The maximum atomic E-state index is 12.7.